The van der Waals surface area contributed by atoms with Crippen LogP contribution in [0.25, 0.3) is 10.4 Å². The number of aryl methyl sites for hydroxylation is 1. The maximum absolute atomic E-state index is 12.3. The van der Waals surface area contributed by atoms with Crippen molar-refractivity contribution in [2.45, 2.75) is 18.7 Å². The summed E-state index contributed by atoms with van der Waals surface area (Å²) in [5.74, 6) is 0. The Morgan fingerprint density at radius 3 is 2.44 bits per heavy atom. The van der Waals surface area contributed by atoms with E-state index in [0.717, 1.165) is 5.56 Å². The molecule has 7 heteroatoms. The Labute approximate surface area is 107 Å². The zero-order valence-electron chi connectivity index (χ0n) is 10.4. The highest BCUT2D eigenvalue weighted by molar-refractivity contribution is 7.89. The monoisotopic (exact) mass is 268 g/mol. The zero-order valence-corrected chi connectivity index (χ0v) is 11.3. The van der Waals surface area contributed by atoms with E-state index >= 15 is 0 Å². The molecule has 0 N–H and O–H groups in total. The Bertz CT molecular complexity index is 533. The third kappa shape index (κ3) is 3.46. The van der Waals surface area contributed by atoms with Gasteiger partial charge in [-0.2, -0.15) is 4.31 Å². The summed E-state index contributed by atoms with van der Waals surface area (Å²) < 4.78 is 25.8. The second-order valence-electron chi connectivity index (χ2n) is 3.76. The van der Waals surface area contributed by atoms with Crippen LogP contribution in [0.2, 0.25) is 0 Å². The largest absolute Gasteiger partial charge is 0.243 e. The fraction of sp³-hybridized carbons (Fsp3) is 0.455. The third-order valence-electron chi connectivity index (χ3n) is 2.52. The van der Waals surface area contributed by atoms with E-state index < -0.39 is 10.0 Å². The number of azide groups is 1. The molecule has 0 spiro atoms. The van der Waals surface area contributed by atoms with Gasteiger partial charge in [-0.1, -0.05) is 29.7 Å². The molecular weight excluding hydrogens is 252 g/mol. The van der Waals surface area contributed by atoms with Crippen molar-refractivity contribution < 1.29 is 8.42 Å². The first kappa shape index (κ1) is 14.5. The summed E-state index contributed by atoms with van der Waals surface area (Å²) in [6.45, 7) is 4.32. The van der Waals surface area contributed by atoms with Crippen molar-refractivity contribution in [2.24, 2.45) is 5.11 Å². The van der Waals surface area contributed by atoms with Crippen LogP contribution in [0.4, 0.5) is 0 Å². The van der Waals surface area contributed by atoms with Crippen LogP contribution in [0.15, 0.2) is 34.3 Å². The van der Waals surface area contributed by atoms with Crippen LogP contribution in [-0.4, -0.2) is 32.4 Å². The fourth-order valence-electron chi connectivity index (χ4n) is 1.51. The zero-order chi connectivity index (χ0) is 13.6. The molecule has 1 aromatic carbocycles. The highest BCUT2D eigenvalue weighted by Gasteiger charge is 2.21. The maximum atomic E-state index is 12.3. The second-order valence-corrected chi connectivity index (χ2v) is 5.70. The molecule has 0 aliphatic rings. The van der Waals surface area contributed by atoms with Gasteiger partial charge in [0.25, 0.3) is 0 Å². The molecule has 0 saturated carbocycles. The van der Waals surface area contributed by atoms with E-state index in [1.165, 1.54) is 4.31 Å². The molecule has 6 nitrogen and oxygen atoms in total. The molecule has 0 aliphatic carbocycles. The summed E-state index contributed by atoms with van der Waals surface area (Å²) in [7, 11) is -3.50. The van der Waals surface area contributed by atoms with Gasteiger partial charge in [-0.25, -0.2) is 8.42 Å². The Kier molecular flexibility index (Phi) is 5.15. The van der Waals surface area contributed by atoms with Crippen molar-refractivity contribution in [2.75, 3.05) is 19.6 Å². The van der Waals surface area contributed by atoms with Gasteiger partial charge in [0.05, 0.1) is 4.90 Å². The normalized spacial score (nSPS) is 11.3. The Morgan fingerprint density at radius 1 is 1.33 bits per heavy atom. The van der Waals surface area contributed by atoms with Gasteiger partial charge in [-0.3, -0.25) is 0 Å². The highest BCUT2D eigenvalue weighted by atomic mass is 32.2. The molecular formula is C11H16N4O2S. The van der Waals surface area contributed by atoms with E-state index in [-0.39, 0.29) is 18.0 Å². The van der Waals surface area contributed by atoms with Crippen molar-refractivity contribution in [1.82, 2.24) is 4.31 Å². The number of nitrogens with zero attached hydrogens (tertiary/aromatic N) is 4. The molecule has 98 valence electrons. The summed E-state index contributed by atoms with van der Waals surface area (Å²) in [6, 6.07) is 6.68. The lowest BCUT2D eigenvalue weighted by Crippen LogP contribution is -2.33. The minimum Gasteiger partial charge on any atom is -0.207 e. The van der Waals surface area contributed by atoms with E-state index in [0.29, 0.717) is 6.54 Å². The van der Waals surface area contributed by atoms with Gasteiger partial charge < -0.3 is 0 Å². The van der Waals surface area contributed by atoms with Crippen molar-refractivity contribution in [1.29, 1.82) is 0 Å². The third-order valence-corrected chi connectivity index (χ3v) is 4.51. The van der Waals surface area contributed by atoms with Gasteiger partial charge >= 0.3 is 0 Å². The lowest BCUT2D eigenvalue weighted by molar-refractivity contribution is 0.435. The number of likely N-dealkylation sites (N-methyl/N-ethyl adjacent to an activating group) is 1. The Hall–Kier alpha value is -1.56. The van der Waals surface area contributed by atoms with E-state index in [2.05, 4.69) is 10.0 Å². The number of hydrogen-bond donors (Lipinski definition) is 0. The molecule has 0 aliphatic heterocycles. The standard InChI is InChI=1S/C11H16N4O2S/c1-3-15(9-8-13-14-12)18(16,17)11-6-4-10(2)5-7-11/h4-7H,3,8-9H2,1-2H3. The lowest BCUT2D eigenvalue weighted by Gasteiger charge is -2.19. The van der Waals surface area contributed by atoms with Crippen LogP contribution in [0.5, 0.6) is 0 Å². The van der Waals surface area contributed by atoms with E-state index in [9.17, 15) is 8.42 Å². The molecule has 0 radical (unpaired) electrons. The minimum absolute atomic E-state index is 0.134. The summed E-state index contributed by atoms with van der Waals surface area (Å²) in [5, 5.41) is 3.36. The molecule has 0 aromatic heterocycles. The number of sulfonamides is 1. The van der Waals surface area contributed by atoms with Crippen LogP contribution >= 0.6 is 0 Å². The fourth-order valence-corrected chi connectivity index (χ4v) is 2.95. The first-order chi connectivity index (χ1) is 8.52. The van der Waals surface area contributed by atoms with Crippen LogP contribution in [-0.2, 0) is 10.0 Å². The van der Waals surface area contributed by atoms with Crippen molar-refractivity contribution in [3.63, 3.8) is 0 Å². The molecule has 0 saturated heterocycles. The van der Waals surface area contributed by atoms with Crippen molar-refractivity contribution >= 4 is 10.0 Å². The average Bonchev–Trinajstić information content (AvgIpc) is 2.35. The van der Waals surface area contributed by atoms with Gasteiger partial charge in [0.2, 0.25) is 10.0 Å². The first-order valence-electron chi connectivity index (χ1n) is 5.60. The van der Waals surface area contributed by atoms with E-state index in [1.54, 1.807) is 31.2 Å². The second kappa shape index (κ2) is 6.39. The van der Waals surface area contributed by atoms with Gasteiger partial charge in [0, 0.05) is 24.5 Å². The minimum atomic E-state index is -3.50. The number of hydrogen-bond acceptors (Lipinski definition) is 3. The maximum Gasteiger partial charge on any atom is 0.243 e. The van der Waals surface area contributed by atoms with Crippen LogP contribution in [0, 0.1) is 6.92 Å². The van der Waals surface area contributed by atoms with Crippen LogP contribution in [0.1, 0.15) is 12.5 Å². The molecule has 0 bridgehead atoms. The molecule has 0 amide bonds. The molecule has 0 heterocycles. The average molecular weight is 268 g/mol. The molecule has 18 heavy (non-hydrogen) atoms. The topological polar surface area (TPSA) is 86.1 Å². The van der Waals surface area contributed by atoms with Crippen LogP contribution < -0.4 is 0 Å². The summed E-state index contributed by atoms with van der Waals surface area (Å²) >= 11 is 0. The first-order valence-corrected chi connectivity index (χ1v) is 7.04. The highest BCUT2D eigenvalue weighted by Crippen LogP contribution is 2.15. The molecule has 1 rings (SSSR count). The summed E-state index contributed by atoms with van der Waals surface area (Å²) in [6.07, 6.45) is 0. The van der Waals surface area contributed by atoms with Gasteiger partial charge in [0.1, 0.15) is 0 Å². The predicted molar refractivity (Wildman–Crippen MR) is 69.6 cm³/mol. The Morgan fingerprint density at radius 2 is 1.94 bits per heavy atom. The molecule has 1 aromatic rings. The number of rotatable bonds is 6. The number of benzene rings is 1. The van der Waals surface area contributed by atoms with Gasteiger partial charge in [-0.05, 0) is 24.6 Å². The van der Waals surface area contributed by atoms with Gasteiger partial charge in [0.15, 0.2) is 0 Å². The smallest absolute Gasteiger partial charge is 0.207 e. The quantitative estimate of drug-likeness (QED) is 0.450. The summed E-state index contributed by atoms with van der Waals surface area (Å²) in [5.41, 5.74) is 9.20. The SMILES string of the molecule is CCN(CCN=[N+]=[N-])S(=O)(=O)c1ccc(C)cc1. The predicted octanol–water partition coefficient (Wildman–Crippen LogP) is 2.32. The van der Waals surface area contributed by atoms with E-state index in [1.807, 2.05) is 6.92 Å². The molecule has 0 fully saturated rings. The molecule has 0 atom stereocenters. The van der Waals surface area contributed by atoms with Crippen molar-refractivity contribution in [3.8, 4) is 0 Å². The van der Waals surface area contributed by atoms with Crippen LogP contribution in [0.3, 0.4) is 0 Å². The van der Waals surface area contributed by atoms with E-state index in [4.69, 9.17) is 5.53 Å². The van der Waals surface area contributed by atoms with Gasteiger partial charge in [-0.15, -0.1) is 0 Å². The van der Waals surface area contributed by atoms with Crippen molar-refractivity contribution in [3.05, 3.63) is 40.3 Å². The Balaban J connectivity index is 2.95. The summed E-state index contributed by atoms with van der Waals surface area (Å²) in [4.78, 5) is 2.87. The lowest BCUT2D eigenvalue weighted by atomic mass is 10.2. The molecule has 0 unspecified atom stereocenters.